The van der Waals surface area contributed by atoms with Gasteiger partial charge in [0.2, 0.25) is 5.91 Å². The predicted molar refractivity (Wildman–Crippen MR) is 107 cm³/mol. The van der Waals surface area contributed by atoms with Crippen LogP contribution in [0.5, 0.6) is 0 Å². The van der Waals surface area contributed by atoms with Crippen molar-refractivity contribution in [2.75, 3.05) is 11.4 Å². The second kappa shape index (κ2) is 7.20. The number of benzene rings is 2. The molecule has 4 rings (SSSR count). The van der Waals surface area contributed by atoms with Crippen molar-refractivity contribution < 1.29 is 9.18 Å². The lowest BCUT2D eigenvalue weighted by atomic mass is 9.81. The van der Waals surface area contributed by atoms with E-state index in [0.717, 1.165) is 34.7 Å². The van der Waals surface area contributed by atoms with Crippen LogP contribution >= 0.6 is 0 Å². The molecule has 0 unspecified atom stereocenters. The number of para-hydroxylation sites is 1. The van der Waals surface area contributed by atoms with Crippen molar-refractivity contribution in [1.82, 2.24) is 9.78 Å². The molecule has 28 heavy (non-hydrogen) atoms. The zero-order chi connectivity index (χ0) is 19.8. The van der Waals surface area contributed by atoms with Gasteiger partial charge in [0.15, 0.2) is 0 Å². The first kappa shape index (κ1) is 18.4. The van der Waals surface area contributed by atoms with Crippen molar-refractivity contribution in [1.29, 1.82) is 0 Å². The topological polar surface area (TPSA) is 64.2 Å². The van der Waals surface area contributed by atoms with Crippen LogP contribution in [0.2, 0.25) is 0 Å². The first-order valence-corrected chi connectivity index (χ1v) is 9.50. The highest BCUT2D eigenvalue weighted by Gasteiger charge is 2.43. The molecule has 1 aliphatic heterocycles. The maximum Gasteiger partial charge on any atom is 0.246 e. The molecule has 0 aliphatic carbocycles. The van der Waals surface area contributed by atoms with Crippen molar-refractivity contribution in [3.05, 3.63) is 77.2 Å². The number of rotatable bonds is 4. The van der Waals surface area contributed by atoms with E-state index in [-0.39, 0.29) is 17.6 Å². The lowest BCUT2D eigenvalue weighted by Gasteiger charge is -2.37. The molecule has 6 heteroatoms. The van der Waals surface area contributed by atoms with Crippen LogP contribution in [0, 0.1) is 12.7 Å². The monoisotopic (exact) mass is 378 g/mol. The number of carbonyl (C=O) groups excluding carboxylic acids is 1. The van der Waals surface area contributed by atoms with Crippen LogP contribution in [0.25, 0.3) is 5.69 Å². The van der Waals surface area contributed by atoms with Crippen molar-refractivity contribution >= 4 is 11.7 Å². The van der Waals surface area contributed by atoms with Crippen LogP contribution in [0.15, 0.2) is 54.6 Å². The number of hydrogen-bond donors (Lipinski definition) is 1. The largest absolute Gasteiger partial charge is 0.319 e. The lowest BCUT2D eigenvalue weighted by molar-refractivity contribution is -0.120. The first-order valence-electron chi connectivity index (χ1n) is 9.50. The van der Waals surface area contributed by atoms with Gasteiger partial charge >= 0.3 is 0 Å². The molecule has 2 N–H and O–H groups in total. The molecule has 2 heterocycles. The zero-order valence-corrected chi connectivity index (χ0v) is 16.0. The Morgan fingerprint density at radius 3 is 2.43 bits per heavy atom. The Balaban J connectivity index is 1.96. The molecule has 0 fully saturated rings. The molecule has 2 aromatic carbocycles. The number of fused-ring (bicyclic) bond motifs is 1. The number of halogens is 1. The molecule has 0 bridgehead atoms. The summed E-state index contributed by atoms with van der Waals surface area (Å²) >= 11 is 0. The summed E-state index contributed by atoms with van der Waals surface area (Å²) in [4.78, 5) is 15.0. The third-order valence-electron chi connectivity index (χ3n) is 5.24. The maximum absolute atomic E-state index is 13.5. The van der Waals surface area contributed by atoms with Gasteiger partial charge in [0, 0.05) is 18.0 Å². The third kappa shape index (κ3) is 2.90. The second-order valence-corrected chi connectivity index (χ2v) is 7.11. The summed E-state index contributed by atoms with van der Waals surface area (Å²) in [5.41, 5.74) is 9.87. The van der Waals surface area contributed by atoms with E-state index >= 15 is 0 Å². The molecule has 0 spiro atoms. The molecular weight excluding hydrogens is 355 g/mol. The van der Waals surface area contributed by atoms with Crippen LogP contribution in [0.3, 0.4) is 0 Å². The van der Waals surface area contributed by atoms with Gasteiger partial charge in [0.1, 0.15) is 11.6 Å². The zero-order valence-electron chi connectivity index (χ0n) is 16.0. The summed E-state index contributed by atoms with van der Waals surface area (Å²) in [6.07, 6.45) is 0.804. The molecule has 1 amide bonds. The third-order valence-corrected chi connectivity index (χ3v) is 5.24. The Morgan fingerprint density at radius 2 is 1.79 bits per heavy atom. The fraction of sp³-hybridized carbons (Fsp3) is 0.273. The van der Waals surface area contributed by atoms with Crippen LogP contribution in [-0.2, 0) is 4.79 Å². The van der Waals surface area contributed by atoms with Gasteiger partial charge in [-0.2, -0.15) is 5.10 Å². The van der Waals surface area contributed by atoms with Gasteiger partial charge < -0.3 is 5.73 Å². The Labute approximate surface area is 163 Å². The normalized spacial score (nSPS) is 19.0. The van der Waals surface area contributed by atoms with E-state index in [4.69, 9.17) is 10.8 Å². The van der Waals surface area contributed by atoms with Gasteiger partial charge in [0.25, 0.3) is 0 Å². The SMILES string of the molecule is CCCN1C(=O)[C@@H](N)[C@@H](c2ccc(F)cc2)c2c(C)nn(-c3ccccc3)c21. The van der Waals surface area contributed by atoms with E-state index in [1.807, 2.05) is 48.9 Å². The maximum atomic E-state index is 13.5. The molecule has 0 radical (unpaired) electrons. The summed E-state index contributed by atoms with van der Waals surface area (Å²) in [6.45, 7) is 4.52. The summed E-state index contributed by atoms with van der Waals surface area (Å²) in [5.74, 6) is -0.0648. The van der Waals surface area contributed by atoms with E-state index in [1.165, 1.54) is 12.1 Å². The highest BCUT2D eigenvalue weighted by molar-refractivity contribution is 6.01. The highest BCUT2D eigenvalue weighted by atomic mass is 19.1. The van der Waals surface area contributed by atoms with Gasteiger partial charge in [-0.05, 0) is 43.2 Å². The number of nitrogens with two attached hydrogens (primary N) is 1. The molecule has 1 aromatic heterocycles. The minimum atomic E-state index is -0.739. The molecule has 0 saturated carbocycles. The molecule has 0 saturated heterocycles. The van der Waals surface area contributed by atoms with Crippen molar-refractivity contribution in [2.24, 2.45) is 5.73 Å². The molecule has 5 nitrogen and oxygen atoms in total. The standard InChI is InChI=1S/C22H23FN4O/c1-3-13-26-21-18(14(2)25-27(21)17-7-5-4-6-8-17)19(20(24)22(26)28)15-9-11-16(23)12-10-15/h4-12,19-20H,3,13,24H2,1-2H3/t19-,20-/m0/s1. The lowest BCUT2D eigenvalue weighted by Crippen LogP contribution is -2.52. The van der Waals surface area contributed by atoms with Gasteiger partial charge in [0.05, 0.1) is 17.4 Å². The van der Waals surface area contributed by atoms with Crippen molar-refractivity contribution in [3.8, 4) is 5.69 Å². The summed E-state index contributed by atoms with van der Waals surface area (Å²) < 4.78 is 15.3. The van der Waals surface area contributed by atoms with Gasteiger partial charge in [-0.3, -0.25) is 9.69 Å². The Kier molecular flexibility index (Phi) is 4.73. The molecule has 3 aromatic rings. The molecule has 2 atom stereocenters. The predicted octanol–water partition coefficient (Wildman–Crippen LogP) is 3.54. The van der Waals surface area contributed by atoms with Gasteiger partial charge in [-0.1, -0.05) is 37.3 Å². The highest BCUT2D eigenvalue weighted by Crippen LogP contribution is 2.42. The number of hydrogen-bond acceptors (Lipinski definition) is 3. The fourth-order valence-corrected chi connectivity index (χ4v) is 3.99. The van der Waals surface area contributed by atoms with E-state index in [1.54, 1.807) is 17.0 Å². The summed E-state index contributed by atoms with van der Waals surface area (Å²) in [7, 11) is 0. The Bertz CT molecular complexity index is 997. The number of nitrogens with zero attached hydrogens (tertiary/aromatic N) is 3. The van der Waals surface area contributed by atoms with Gasteiger partial charge in [-0.15, -0.1) is 0 Å². The van der Waals surface area contributed by atoms with Crippen LogP contribution in [0.4, 0.5) is 10.2 Å². The van der Waals surface area contributed by atoms with Crippen molar-refractivity contribution in [2.45, 2.75) is 32.2 Å². The van der Waals surface area contributed by atoms with Crippen LogP contribution in [-0.4, -0.2) is 28.3 Å². The summed E-state index contributed by atoms with van der Waals surface area (Å²) in [5, 5.41) is 4.75. The van der Waals surface area contributed by atoms with E-state index in [0.29, 0.717) is 6.54 Å². The Morgan fingerprint density at radius 1 is 1.11 bits per heavy atom. The number of amides is 1. The molecule has 144 valence electrons. The van der Waals surface area contributed by atoms with Crippen LogP contribution in [0.1, 0.15) is 36.1 Å². The molecule has 1 aliphatic rings. The van der Waals surface area contributed by atoms with E-state index < -0.39 is 6.04 Å². The minimum absolute atomic E-state index is 0.138. The van der Waals surface area contributed by atoms with Crippen molar-refractivity contribution in [3.63, 3.8) is 0 Å². The average molecular weight is 378 g/mol. The molecular formula is C22H23FN4O. The smallest absolute Gasteiger partial charge is 0.246 e. The second-order valence-electron chi connectivity index (χ2n) is 7.11. The van der Waals surface area contributed by atoms with E-state index in [2.05, 4.69) is 0 Å². The van der Waals surface area contributed by atoms with Gasteiger partial charge in [-0.25, -0.2) is 9.07 Å². The summed E-state index contributed by atoms with van der Waals surface area (Å²) in [6, 6.07) is 15.2. The Hall–Kier alpha value is -2.99. The van der Waals surface area contributed by atoms with E-state index in [9.17, 15) is 9.18 Å². The van der Waals surface area contributed by atoms with Crippen LogP contribution < -0.4 is 10.6 Å². The number of aromatic nitrogens is 2. The average Bonchev–Trinajstić information content (AvgIpc) is 3.04. The minimum Gasteiger partial charge on any atom is -0.319 e. The number of aryl methyl sites for hydroxylation is 1. The fourth-order valence-electron chi connectivity index (χ4n) is 3.99. The number of carbonyl (C=O) groups is 1. The quantitative estimate of drug-likeness (QED) is 0.755. The first-order chi connectivity index (χ1) is 13.5. The number of anilines is 1.